The topological polar surface area (TPSA) is 58.4 Å². The van der Waals surface area contributed by atoms with Crippen molar-refractivity contribution in [1.82, 2.24) is 10.2 Å². The average molecular weight is 271 g/mol. The van der Waals surface area contributed by atoms with Crippen molar-refractivity contribution < 1.29 is 4.79 Å². The van der Waals surface area contributed by atoms with Crippen molar-refractivity contribution in [2.75, 3.05) is 13.1 Å². The number of nitrogens with two attached hydrogens (primary N) is 1. The van der Waals surface area contributed by atoms with E-state index in [1.54, 1.807) is 0 Å². The zero-order valence-electron chi connectivity index (χ0n) is 11.4. The molecule has 1 aliphatic carbocycles. The van der Waals surface area contributed by atoms with Crippen molar-refractivity contribution >= 4 is 23.1 Å². The Kier molecular flexibility index (Phi) is 6.57. The van der Waals surface area contributed by atoms with Crippen LogP contribution in [0.4, 0.5) is 0 Å². The molecule has 0 bridgehead atoms. The summed E-state index contributed by atoms with van der Waals surface area (Å²) in [5, 5.41) is 2.99. The van der Waals surface area contributed by atoms with Crippen molar-refractivity contribution in [1.29, 1.82) is 0 Å². The Morgan fingerprint density at radius 3 is 2.72 bits per heavy atom. The number of carbonyl (C=O) groups excluding carboxylic acids is 1. The van der Waals surface area contributed by atoms with Gasteiger partial charge in [0.05, 0.1) is 11.0 Å². The maximum Gasteiger partial charge on any atom is 0.237 e. The number of hydrogen-bond acceptors (Lipinski definition) is 3. The molecule has 0 heterocycles. The first-order valence-electron chi connectivity index (χ1n) is 6.88. The summed E-state index contributed by atoms with van der Waals surface area (Å²) in [5.41, 5.74) is 5.54. The van der Waals surface area contributed by atoms with E-state index in [-0.39, 0.29) is 11.9 Å². The van der Waals surface area contributed by atoms with Gasteiger partial charge in [-0.2, -0.15) is 0 Å². The molecule has 0 radical (unpaired) electrons. The highest BCUT2D eigenvalue weighted by molar-refractivity contribution is 7.80. The van der Waals surface area contributed by atoms with E-state index in [4.69, 9.17) is 18.0 Å². The Hall–Kier alpha value is -0.680. The first kappa shape index (κ1) is 15.4. The Bertz CT molecular complexity index is 292. The highest BCUT2D eigenvalue weighted by Crippen LogP contribution is 2.28. The largest absolute Gasteiger partial charge is 0.393 e. The second-order valence-corrected chi connectivity index (χ2v) is 5.53. The van der Waals surface area contributed by atoms with Gasteiger partial charge < -0.3 is 11.1 Å². The third-order valence-electron chi connectivity index (χ3n) is 3.34. The molecule has 1 rings (SSSR count). The van der Waals surface area contributed by atoms with E-state index < -0.39 is 0 Å². The fourth-order valence-electron chi connectivity index (χ4n) is 2.02. The molecule has 0 aromatic heterocycles. The van der Waals surface area contributed by atoms with Crippen LogP contribution in [-0.4, -0.2) is 41.0 Å². The van der Waals surface area contributed by atoms with Crippen LogP contribution in [0, 0.1) is 0 Å². The van der Waals surface area contributed by atoms with Crippen LogP contribution in [0.1, 0.15) is 46.0 Å². The lowest BCUT2D eigenvalue weighted by molar-refractivity contribution is -0.126. The van der Waals surface area contributed by atoms with Gasteiger partial charge in [-0.3, -0.25) is 9.69 Å². The van der Waals surface area contributed by atoms with Crippen molar-refractivity contribution in [3.05, 3.63) is 0 Å². The maximum atomic E-state index is 12.0. The van der Waals surface area contributed by atoms with Crippen molar-refractivity contribution in [3.63, 3.8) is 0 Å². The fourth-order valence-corrected chi connectivity index (χ4v) is 2.12. The number of thiocarbonyl (C=S) groups is 1. The van der Waals surface area contributed by atoms with E-state index >= 15 is 0 Å². The van der Waals surface area contributed by atoms with Gasteiger partial charge in [-0.15, -0.1) is 0 Å². The molecule has 0 spiro atoms. The van der Waals surface area contributed by atoms with Crippen LogP contribution in [0.25, 0.3) is 0 Å². The summed E-state index contributed by atoms with van der Waals surface area (Å²) in [6, 6.07) is 0.468. The predicted octanol–water partition coefficient (Wildman–Crippen LogP) is 1.43. The minimum Gasteiger partial charge on any atom is -0.393 e. The van der Waals surface area contributed by atoms with E-state index in [9.17, 15) is 4.79 Å². The minimum atomic E-state index is -0.0799. The molecular weight excluding hydrogens is 246 g/mol. The van der Waals surface area contributed by atoms with Crippen LogP contribution < -0.4 is 11.1 Å². The first-order valence-corrected chi connectivity index (χ1v) is 7.28. The lowest BCUT2D eigenvalue weighted by Crippen LogP contribution is -2.47. The molecule has 1 atom stereocenters. The summed E-state index contributed by atoms with van der Waals surface area (Å²) in [4.78, 5) is 14.8. The van der Waals surface area contributed by atoms with E-state index in [1.165, 1.54) is 12.8 Å². The molecule has 1 aliphatic rings. The molecule has 4 nitrogen and oxygen atoms in total. The van der Waals surface area contributed by atoms with Gasteiger partial charge in [0.2, 0.25) is 5.91 Å². The maximum absolute atomic E-state index is 12.0. The monoisotopic (exact) mass is 271 g/mol. The zero-order chi connectivity index (χ0) is 13.5. The molecule has 1 amide bonds. The zero-order valence-corrected chi connectivity index (χ0v) is 12.3. The van der Waals surface area contributed by atoms with Crippen LogP contribution in [0.5, 0.6) is 0 Å². The second-order valence-electron chi connectivity index (χ2n) is 5.01. The molecule has 1 unspecified atom stereocenters. The standard InChI is InChI=1S/C13H25N3OS/c1-3-4-8-15-13(17)10(2)16(11-5-6-11)9-7-12(14)18/h10-11H,3-9H2,1-2H3,(H2,14,18)(H,15,17). The highest BCUT2D eigenvalue weighted by atomic mass is 32.1. The molecule has 1 fully saturated rings. The lowest BCUT2D eigenvalue weighted by Gasteiger charge is -2.28. The number of amides is 1. The number of carbonyl (C=O) groups is 1. The Morgan fingerprint density at radius 2 is 2.22 bits per heavy atom. The Balaban J connectivity index is 2.40. The van der Waals surface area contributed by atoms with Gasteiger partial charge in [0.15, 0.2) is 0 Å². The number of nitrogens with zero attached hydrogens (tertiary/aromatic N) is 1. The van der Waals surface area contributed by atoms with Crippen LogP contribution in [0.3, 0.4) is 0 Å². The molecule has 3 N–H and O–H groups in total. The fraction of sp³-hybridized carbons (Fsp3) is 0.846. The normalized spacial score (nSPS) is 16.6. The summed E-state index contributed by atoms with van der Waals surface area (Å²) in [7, 11) is 0. The van der Waals surface area contributed by atoms with Crippen LogP contribution in [-0.2, 0) is 4.79 Å². The van der Waals surface area contributed by atoms with Gasteiger partial charge in [-0.1, -0.05) is 25.6 Å². The summed E-state index contributed by atoms with van der Waals surface area (Å²) in [5.74, 6) is 0.123. The Morgan fingerprint density at radius 1 is 1.56 bits per heavy atom. The number of unbranched alkanes of at least 4 members (excludes halogenated alkanes) is 1. The molecule has 18 heavy (non-hydrogen) atoms. The summed E-state index contributed by atoms with van der Waals surface area (Å²) in [6.07, 6.45) is 5.20. The number of hydrogen-bond donors (Lipinski definition) is 2. The number of nitrogens with one attached hydrogen (secondary N) is 1. The summed E-state index contributed by atoms with van der Waals surface area (Å²) >= 11 is 4.91. The van der Waals surface area contributed by atoms with Crippen molar-refractivity contribution in [3.8, 4) is 0 Å². The third-order valence-corrected chi connectivity index (χ3v) is 3.54. The third kappa shape index (κ3) is 5.31. The van der Waals surface area contributed by atoms with Crippen molar-refractivity contribution in [2.24, 2.45) is 5.73 Å². The van der Waals surface area contributed by atoms with Gasteiger partial charge in [0.1, 0.15) is 0 Å². The SMILES string of the molecule is CCCCNC(=O)C(C)N(CCC(N)=S)C1CC1. The van der Waals surface area contributed by atoms with Crippen LogP contribution in [0.2, 0.25) is 0 Å². The quantitative estimate of drug-likeness (QED) is 0.492. The van der Waals surface area contributed by atoms with Gasteiger partial charge in [-0.05, 0) is 26.2 Å². The van der Waals surface area contributed by atoms with Gasteiger partial charge in [0, 0.05) is 25.6 Å². The summed E-state index contributed by atoms with van der Waals surface area (Å²) in [6.45, 7) is 5.66. The Labute approximate surface area is 115 Å². The van der Waals surface area contributed by atoms with Gasteiger partial charge >= 0.3 is 0 Å². The first-order chi connectivity index (χ1) is 8.56. The highest BCUT2D eigenvalue weighted by Gasteiger charge is 2.34. The average Bonchev–Trinajstić information content (AvgIpc) is 3.13. The predicted molar refractivity (Wildman–Crippen MR) is 78.5 cm³/mol. The molecule has 5 heteroatoms. The molecule has 1 saturated carbocycles. The molecule has 0 aliphatic heterocycles. The van der Waals surface area contributed by atoms with E-state index in [1.807, 2.05) is 6.92 Å². The van der Waals surface area contributed by atoms with Gasteiger partial charge in [0.25, 0.3) is 0 Å². The minimum absolute atomic E-state index is 0.0799. The van der Waals surface area contributed by atoms with E-state index in [0.717, 1.165) is 25.9 Å². The molecule has 0 saturated heterocycles. The van der Waals surface area contributed by atoms with Crippen LogP contribution in [0.15, 0.2) is 0 Å². The van der Waals surface area contributed by atoms with E-state index in [2.05, 4.69) is 17.1 Å². The smallest absolute Gasteiger partial charge is 0.237 e. The molecule has 0 aromatic carbocycles. The summed E-state index contributed by atoms with van der Waals surface area (Å²) < 4.78 is 0. The van der Waals surface area contributed by atoms with Crippen LogP contribution >= 0.6 is 12.2 Å². The van der Waals surface area contributed by atoms with E-state index in [0.29, 0.717) is 17.5 Å². The molecule has 104 valence electrons. The number of rotatable bonds is 9. The molecule has 0 aromatic rings. The van der Waals surface area contributed by atoms with Gasteiger partial charge in [-0.25, -0.2) is 0 Å². The molecular formula is C13H25N3OS. The second kappa shape index (κ2) is 7.69. The van der Waals surface area contributed by atoms with Crippen molar-refractivity contribution in [2.45, 2.75) is 58.0 Å². The lowest BCUT2D eigenvalue weighted by atomic mass is 10.2.